The lowest BCUT2D eigenvalue weighted by atomic mass is 9.96. The van der Waals surface area contributed by atoms with Crippen molar-refractivity contribution in [3.8, 4) is 0 Å². The highest BCUT2D eigenvalue weighted by Gasteiger charge is 2.23. The molecule has 1 fully saturated rings. The Kier molecular flexibility index (Phi) is 3.98. The van der Waals surface area contributed by atoms with Crippen LogP contribution >= 0.6 is 0 Å². The molecule has 2 N–H and O–H groups in total. The van der Waals surface area contributed by atoms with Crippen molar-refractivity contribution in [1.29, 1.82) is 0 Å². The van der Waals surface area contributed by atoms with Gasteiger partial charge in [0.25, 0.3) is 0 Å². The quantitative estimate of drug-likeness (QED) is 0.690. The lowest BCUT2D eigenvalue weighted by Crippen LogP contribution is -2.45. The number of rotatable bonds is 3. The van der Waals surface area contributed by atoms with Crippen molar-refractivity contribution in [1.82, 2.24) is 5.06 Å². The molecule has 0 aliphatic carbocycles. The summed E-state index contributed by atoms with van der Waals surface area (Å²) in [6.07, 6.45) is 2.14. The van der Waals surface area contributed by atoms with E-state index in [1.54, 1.807) is 0 Å². The van der Waals surface area contributed by atoms with Crippen molar-refractivity contribution in [3.05, 3.63) is 0 Å². The highest BCUT2D eigenvalue weighted by molar-refractivity contribution is 4.76. The Bertz CT molecular complexity index is 128. The lowest BCUT2D eigenvalue weighted by molar-refractivity contribution is -0.178. The van der Waals surface area contributed by atoms with E-state index < -0.39 is 0 Å². The van der Waals surface area contributed by atoms with Crippen molar-refractivity contribution in [2.24, 2.45) is 11.7 Å². The van der Waals surface area contributed by atoms with Gasteiger partial charge in [-0.25, -0.2) is 0 Å². The number of hydrogen-bond donors (Lipinski definition) is 1. The van der Waals surface area contributed by atoms with Gasteiger partial charge in [0, 0.05) is 19.1 Å². The van der Waals surface area contributed by atoms with E-state index in [2.05, 4.69) is 18.9 Å². The van der Waals surface area contributed by atoms with Gasteiger partial charge in [-0.1, -0.05) is 13.8 Å². The molecule has 0 spiro atoms. The van der Waals surface area contributed by atoms with Crippen LogP contribution in [-0.4, -0.2) is 30.8 Å². The summed E-state index contributed by atoms with van der Waals surface area (Å²) in [6.45, 7) is 7.12. The van der Waals surface area contributed by atoms with Crippen LogP contribution in [-0.2, 0) is 4.84 Å². The summed E-state index contributed by atoms with van der Waals surface area (Å²) < 4.78 is 0. The van der Waals surface area contributed by atoms with Crippen LogP contribution < -0.4 is 5.73 Å². The van der Waals surface area contributed by atoms with Gasteiger partial charge in [-0.3, -0.25) is 4.84 Å². The van der Waals surface area contributed by atoms with Gasteiger partial charge in [0.15, 0.2) is 0 Å². The lowest BCUT2D eigenvalue weighted by Gasteiger charge is -2.33. The van der Waals surface area contributed by atoms with E-state index >= 15 is 0 Å². The van der Waals surface area contributed by atoms with Crippen molar-refractivity contribution in [3.63, 3.8) is 0 Å². The van der Waals surface area contributed by atoms with E-state index in [1.165, 1.54) is 0 Å². The van der Waals surface area contributed by atoms with E-state index in [-0.39, 0.29) is 0 Å². The maximum atomic E-state index is 5.89. The Balaban J connectivity index is 2.21. The second-order valence-corrected chi connectivity index (χ2v) is 3.65. The first kappa shape index (κ1) is 9.96. The molecule has 3 nitrogen and oxygen atoms in total. The van der Waals surface area contributed by atoms with Gasteiger partial charge in [-0.2, -0.15) is 5.06 Å². The molecule has 1 heterocycles. The van der Waals surface area contributed by atoms with E-state index in [0.717, 1.165) is 32.5 Å². The molecule has 0 bridgehead atoms. The van der Waals surface area contributed by atoms with Crippen LogP contribution in [0.2, 0.25) is 0 Å². The van der Waals surface area contributed by atoms with E-state index in [4.69, 9.17) is 10.6 Å². The summed E-state index contributed by atoms with van der Waals surface area (Å²) in [4.78, 5) is 5.53. The molecule has 0 aromatic heterocycles. The second-order valence-electron chi connectivity index (χ2n) is 3.65. The fourth-order valence-corrected chi connectivity index (χ4v) is 1.46. The fraction of sp³-hybridized carbons (Fsp3) is 1.00. The number of hydroxylamine groups is 2. The molecule has 0 amide bonds. The predicted molar refractivity (Wildman–Crippen MR) is 49.6 cm³/mol. The van der Waals surface area contributed by atoms with Crippen LogP contribution in [0.15, 0.2) is 0 Å². The zero-order valence-electron chi connectivity index (χ0n) is 8.12. The van der Waals surface area contributed by atoms with Crippen LogP contribution in [0.25, 0.3) is 0 Å². The summed E-state index contributed by atoms with van der Waals surface area (Å²) >= 11 is 0. The minimum atomic E-state index is 0.367. The van der Waals surface area contributed by atoms with Crippen LogP contribution in [0.4, 0.5) is 0 Å². The van der Waals surface area contributed by atoms with E-state index in [0.29, 0.717) is 12.0 Å². The van der Waals surface area contributed by atoms with Gasteiger partial charge < -0.3 is 5.73 Å². The molecular formula is C9H20N2O. The van der Waals surface area contributed by atoms with Crippen LogP contribution in [0, 0.1) is 5.92 Å². The van der Waals surface area contributed by atoms with Gasteiger partial charge in [-0.15, -0.1) is 0 Å². The van der Waals surface area contributed by atoms with Crippen LogP contribution in [0.5, 0.6) is 0 Å². The van der Waals surface area contributed by atoms with Crippen LogP contribution in [0.1, 0.15) is 26.7 Å². The molecule has 1 rings (SSSR count). The van der Waals surface area contributed by atoms with Crippen molar-refractivity contribution >= 4 is 0 Å². The second kappa shape index (κ2) is 4.80. The molecular weight excluding hydrogens is 152 g/mol. The average Bonchev–Trinajstić information content (AvgIpc) is 2.07. The normalized spacial score (nSPS) is 32.2. The molecule has 1 aliphatic rings. The molecule has 2 unspecified atom stereocenters. The van der Waals surface area contributed by atoms with Gasteiger partial charge in [0.1, 0.15) is 0 Å². The van der Waals surface area contributed by atoms with Gasteiger partial charge in [-0.05, 0) is 18.8 Å². The minimum Gasteiger partial charge on any atom is -0.327 e. The molecule has 1 saturated heterocycles. The topological polar surface area (TPSA) is 38.5 Å². The molecule has 12 heavy (non-hydrogen) atoms. The molecule has 72 valence electrons. The maximum Gasteiger partial charge on any atom is 0.0682 e. The number of hydrogen-bond acceptors (Lipinski definition) is 3. The van der Waals surface area contributed by atoms with Gasteiger partial charge >= 0.3 is 0 Å². The van der Waals surface area contributed by atoms with Crippen LogP contribution in [0.3, 0.4) is 0 Å². The fourth-order valence-electron chi connectivity index (χ4n) is 1.46. The zero-order chi connectivity index (χ0) is 8.97. The van der Waals surface area contributed by atoms with Crippen molar-refractivity contribution in [2.45, 2.75) is 32.7 Å². The first-order chi connectivity index (χ1) is 5.74. The Morgan fingerprint density at radius 3 is 2.92 bits per heavy atom. The molecule has 0 aromatic carbocycles. The molecule has 3 heteroatoms. The number of nitrogens with two attached hydrogens (primary N) is 1. The molecule has 0 aromatic rings. The molecule has 0 saturated carbocycles. The summed E-state index contributed by atoms with van der Waals surface area (Å²) in [5.41, 5.74) is 5.89. The van der Waals surface area contributed by atoms with Gasteiger partial charge in [0.2, 0.25) is 0 Å². The maximum absolute atomic E-state index is 5.89. The smallest absolute Gasteiger partial charge is 0.0682 e. The highest BCUT2D eigenvalue weighted by Crippen LogP contribution is 2.14. The van der Waals surface area contributed by atoms with Gasteiger partial charge in [0.05, 0.1) is 6.61 Å². The Hall–Kier alpha value is -0.120. The number of nitrogens with zero attached hydrogens (tertiary/aromatic N) is 1. The third-order valence-electron chi connectivity index (χ3n) is 2.41. The summed E-state index contributed by atoms with van der Waals surface area (Å²) in [7, 11) is 0. The SMILES string of the molecule is CCCON1CCC(N)C(C)C1. The third-order valence-corrected chi connectivity index (χ3v) is 2.41. The number of piperidine rings is 1. The third kappa shape index (κ3) is 2.73. The monoisotopic (exact) mass is 172 g/mol. The van der Waals surface area contributed by atoms with E-state index in [9.17, 15) is 0 Å². The van der Waals surface area contributed by atoms with Crippen molar-refractivity contribution in [2.75, 3.05) is 19.7 Å². The summed E-state index contributed by atoms with van der Waals surface area (Å²) in [6, 6.07) is 0.367. The predicted octanol–water partition coefficient (Wildman–Crippen LogP) is 0.997. The average molecular weight is 172 g/mol. The summed E-state index contributed by atoms with van der Waals surface area (Å²) in [5.74, 6) is 0.565. The zero-order valence-corrected chi connectivity index (χ0v) is 8.12. The van der Waals surface area contributed by atoms with Crippen molar-refractivity contribution < 1.29 is 4.84 Å². The Morgan fingerprint density at radius 1 is 1.58 bits per heavy atom. The Morgan fingerprint density at radius 2 is 2.33 bits per heavy atom. The standard InChI is InChI=1S/C9H20N2O/c1-3-6-12-11-5-4-9(10)8(2)7-11/h8-9H,3-7,10H2,1-2H3. The first-order valence-electron chi connectivity index (χ1n) is 4.87. The minimum absolute atomic E-state index is 0.367. The molecule has 2 atom stereocenters. The molecule has 1 aliphatic heterocycles. The Labute approximate surface area is 74.8 Å². The largest absolute Gasteiger partial charge is 0.327 e. The molecule has 0 radical (unpaired) electrons. The highest BCUT2D eigenvalue weighted by atomic mass is 16.7. The first-order valence-corrected chi connectivity index (χ1v) is 4.87. The summed E-state index contributed by atoms with van der Waals surface area (Å²) in [5, 5.41) is 2.05. The van der Waals surface area contributed by atoms with E-state index in [1.807, 2.05) is 0 Å².